The van der Waals surface area contributed by atoms with Gasteiger partial charge in [0.15, 0.2) is 0 Å². The first-order valence-corrected chi connectivity index (χ1v) is 13.1. The van der Waals surface area contributed by atoms with Crippen molar-refractivity contribution in [3.8, 4) is 5.75 Å². The molecule has 1 saturated heterocycles. The van der Waals surface area contributed by atoms with Crippen LogP contribution >= 0.6 is 11.6 Å². The molecule has 0 aromatic heterocycles. The van der Waals surface area contributed by atoms with Crippen molar-refractivity contribution >= 4 is 35.1 Å². The number of likely N-dealkylation sites (tertiary alicyclic amines) is 1. The molecule has 1 heterocycles. The predicted molar refractivity (Wildman–Crippen MR) is 150 cm³/mol. The molecule has 1 aliphatic heterocycles. The Hall–Kier alpha value is -3.88. The molecule has 1 atom stereocenters. The molecule has 0 unspecified atom stereocenters. The van der Waals surface area contributed by atoms with Crippen LogP contribution in [0.5, 0.6) is 5.75 Å². The van der Waals surface area contributed by atoms with Gasteiger partial charge < -0.3 is 25.4 Å². The van der Waals surface area contributed by atoms with Crippen LogP contribution in [-0.4, -0.2) is 56.5 Å². The summed E-state index contributed by atoms with van der Waals surface area (Å²) >= 11 is 6.31. The van der Waals surface area contributed by atoms with Crippen LogP contribution in [0.2, 0.25) is 5.02 Å². The Morgan fingerprint density at radius 2 is 1.64 bits per heavy atom. The summed E-state index contributed by atoms with van der Waals surface area (Å²) in [5.41, 5.74) is 7.43. The number of nitrogens with zero attached hydrogens (tertiary/aromatic N) is 1. The molecule has 8 nitrogen and oxygen atoms in total. The van der Waals surface area contributed by atoms with E-state index in [1.54, 1.807) is 0 Å². The Kier molecular flexibility index (Phi) is 8.89. The second kappa shape index (κ2) is 12.3. The number of carbonyl (C=O) groups excluding carboxylic acids is 3. The molecular formula is C30H32ClN3O5. The number of esters is 1. The van der Waals surface area contributed by atoms with Gasteiger partial charge >= 0.3 is 5.97 Å². The fourth-order valence-electron chi connectivity index (χ4n) is 5.47. The maximum Gasteiger partial charge on any atom is 0.341 e. The topological polar surface area (TPSA) is 111 Å². The fourth-order valence-corrected chi connectivity index (χ4v) is 5.69. The number of halogens is 1. The largest absolute Gasteiger partial charge is 0.496 e. The Morgan fingerprint density at radius 3 is 2.18 bits per heavy atom. The third-order valence-corrected chi connectivity index (χ3v) is 7.67. The number of amides is 2. The number of carbonyl (C=O) groups is 3. The number of benzene rings is 3. The van der Waals surface area contributed by atoms with Gasteiger partial charge in [-0.05, 0) is 36.1 Å². The zero-order valence-electron chi connectivity index (χ0n) is 22.0. The van der Waals surface area contributed by atoms with Crippen LogP contribution in [0, 0.1) is 5.92 Å². The van der Waals surface area contributed by atoms with Crippen LogP contribution in [0.4, 0.5) is 5.69 Å². The van der Waals surface area contributed by atoms with Crippen molar-refractivity contribution in [3.63, 3.8) is 0 Å². The van der Waals surface area contributed by atoms with Crippen LogP contribution in [0.25, 0.3) is 0 Å². The second-order valence-corrected chi connectivity index (χ2v) is 9.92. The Labute approximate surface area is 233 Å². The maximum absolute atomic E-state index is 13.2. The zero-order valence-corrected chi connectivity index (χ0v) is 22.7. The lowest BCUT2D eigenvalue weighted by Gasteiger charge is -2.37. The summed E-state index contributed by atoms with van der Waals surface area (Å²) in [6.07, 6.45) is 0.969. The molecule has 1 fully saturated rings. The molecule has 3 aromatic carbocycles. The van der Waals surface area contributed by atoms with Gasteiger partial charge in [0.25, 0.3) is 0 Å². The minimum atomic E-state index is -0.981. The lowest BCUT2D eigenvalue weighted by molar-refractivity contribution is -0.124. The molecule has 39 heavy (non-hydrogen) atoms. The molecule has 2 amide bonds. The molecule has 0 saturated carbocycles. The smallest absolute Gasteiger partial charge is 0.341 e. The van der Waals surface area contributed by atoms with Crippen molar-refractivity contribution in [1.82, 2.24) is 4.90 Å². The molecule has 204 valence electrons. The first kappa shape index (κ1) is 28.1. The van der Waals surface area contributed by atoms with Gasteiger partial charge in [-0.1, -0.05) is 72.3 Å². The fraction of sp³-hybridized carbons (Fsp3) is 0.300. The molecule has 0 spiro atoms. The van der Waals surface area contributed by atoms with Gasteiger partial charge in [0, 0.05) is 25.6 Å². The number of nitrogens with one attached hydrogen (secondary N) is 1. The summed E-state index contributed by atoms with van der Waals surface area (Å²) < 4.78 is 10.0. The lowest BCUT2D eigenvalue weighted by atomic mass is 9.64. The van der Waals surface area contributed by atoms with Gasteiger partial charge in [0.1, 0.15) is 16.7 Å². The van der Waals surface area contributed by atoms with Crippen molar-refractivity contribution in [2.24, 2.45) is 11.7 Å². The van der Waals surface area contributed by atoms with E-state index in [0.717, 1.165) is 24.1 Å². The summed E-state index contributed by atoms with van der Waals surface area (Å²) in [6, 6.07) is 22.3. The molecule has 4 rings (SSSR count). The van der Waals surface area contributed by atoms with Gasteiger partial charge in [0.2, 0.25) is 11.8 Å². The first-order valence-electron chi connectivity index (χ1n) is 12.7. The number of primary amides is 1. The molecule has 1 aliphatic rings. The third-order valence-electron chi connectivity index (χ3n) is 7.36. The maximum atomic E-state index is 13.2. The quantitative estimate of drug-likeness (QED) is 0.366. The van der Waals surface area contributed by atoms with Gasteiger partial charge in [-0.3, -0.25) is 9.59 Å². The van der Waals surface area contributed by atoms with E-state index in [4.69, 9.17) is 26.8 Å². The van der Waals surface area contributed by atoms with E-state index in [1.165, 1.54) is 26.4 Å². The summed E-state index contributed by atoms with van der Waals surface area (Å²) in [7, 11) is 2.68. The Bertz CT molecular complexity index is 1290. The lowest BCUT2D eigenvalue weighted by Crippen LogP contribution is -2.49. The van der Waals surface area contributed by atoms with E-state index < -0.39 is 11.4 Å². The van der Waals surface area contributed by atoms with Gasteiger partial charge in [-0.25, -0.2) is 4.79 Å². The summed E-state index contributed by atoms with van der Waals surface area (Å²) in [5.74, 6) is -1.03. The highest BCUT2D eigenvalue weighted by molar-refractivity contribution is 6.34. The van der Waals surface area contributed by atoms with Crippen LogP contribution in [0.3, 0.4) is 0 Å². The highest BCUT2D eigenvalue weighted by Gasteiger charge is 2.49. The summed E-state index contributed by atoms with van der Waals surface area (Å²) in [5, 5.41) is 3.00. The van der Waals surface area contributed by atoms with E-state index in [-0.39, 0.29) is 40.5 Å². The van der Waals surface area contributed by atoms with Crippen LogP contribution in [0.15, 0.2) is 72.8 Å². The zero-order chi connectivity index (χ0) is 28.0. The van der Waals surface area contributed by atoms with E-state index >= 15 is 0 Å². The van der Waals surface area contributed by atoms with Gasteiger partial charge in [0.05, 0.1) is 24.9 Å². The minimum absolute atomic E-state index is 0.0626. The number of rotatable bonds is 10. The SMILES string of the molecule is COC(=O)c1cc(Cl)c(NC(=O)CCN2CC[C@@H](C(C(N)=O)(c3ccccc3)c3ccccc3)C2)cc1OC. The number of ether oxygens (including phenoxy) is 2. The van der Waals surface area contributed by atoms with Crippen molar-refractivity contribution in [3.05, 3.63) is 94.5 Å². The predicted octanol–water partition coefficient (Wildman–Crippen LogP) is 4.26. The number of methoxy groups -OCH3 is 2. The molecule has 0 radical (unpaired) electrons. The normalized spacial score (nSPS) is 15.5. The summed E-state index contributed by atoms with van der Waals surface area (Å²) in [4.78, 5) is 40.2. The van der Waals surface area contributed by atoms with E-state index in [1.807, 2.05) is 60.7 Å². The monoisotopic (exact) mass is 549 g/mol. The number of nitrogens with two attached hydrogens (primary N) is 1. The highest BCUT2D eigenvalue weighted by Crippen LogP contribution is 2.43. The molecular weight excluding hydrogens is 518 g/mol. The highest BCUT2D eigenvalue weighted by atomic mass is 35.5. The number of hydrogen-bond acceptors (Lipinski definition) is 6. The molecule has 0 aliphatic carbocycles. The average Bonchev–Trinajstić information content (AvgIpc) is 3.43. The van der Waals surface area contributed by atoms with E-state index in [2.05, 4.69) is 10.2 Å². The Balaban J connectivity index is 1.47. The van der Waals surface area contributed by atoms with Crippen molar-refractivity contribution in [2.45, 2.75) is 18.3 Å². The number of hydrogen-bond donors (Lipinski definition) is 2. The Morgan fingerprint density at radius 1 is 1.03 bits per heavy atom. The van der Waals surface area contributed by atoms with Gasteiger partial charge in [-0.15, -0.1) is 0 Å². The molecule has 3 N–H and O–H groups in total. The molecule has 9 heteroatoms. The second-order valence-electron chi connectivity index (χ2n) is 9.51. The van der Waals surface area contributed by atoms with Crippen LogP contribution in [-0.2, 0) is 19.7 Å². The van der Waals surface area contributed by atoms with E-state index in [9.17, 15) is 14.4 Å². The standard InChI is InChI=1S/C30H32ClN3O5/c1-38-26-18-25(24(31)17-23(26)28(36)39-2)33-27(35)14-16-34-15-13-22(19-34)30(29(32)37,20-9-5-3-6-10-20)21-11-7-4-8-12-21/h3-12,17-18,22H,13-16,19H2,1-2H3,(H2,32,37)(H,33,35)/t22-/m1/s1. The van der Waals surface area contributed by atoms with Crippen molar-refractivity contribution < 1.29 is 23.9 Å². The minimum Gasteiger partial charge on any atom is -0.496 e. The van der Waals surface area contributed by atoms with Crippen molar-refractivity contribution in [1.29, 1.82) is 0 Å². The summed E-state index contributed by atoms with van der Waals surface area (Å²) in [6.45, 7) is 1.84. The first-order chi connectivity index (χ1) is 18.8. The van der Waals surface area contributed by atoms with Crippen LogP contribution < -0.4 is 15.8 Å². The molecule has 3 aromatic rings. The van der Waals surface area contributed by atoms with E-state index in [0.29, 0.717) is 18.8 Å². The van der Waals surface area contributed by atoms with Gasteiger partial charge in [-0.2, -0.15) is 0 Å². The number of anilines is 1. The van der Waals surface area contributed by atoms with Crippen molar-refractivity contribution in [2.75, 3.05) is 39.2 Å². The van der Waals surface area contributed by atoms with Crippen LogP contribution in [0.1, 0.15) is 34.3 Å². The average molecular weight is 550 g/mol. The third kappa shape index (κ3) is 5.77. The molecule has 0 bridgehead atoms.